The quantitative estimate of drug-likeness (QED) is 0.725. The van der Waals surface area contributed by atoms with E-state index < -0.39 is 0 Å². The summed E-state index contributed by atoms with van der Waals surface area (Å²) in [6.07, 6.45) is 4.40. The number of piperidine rings is 1. The van der Waals surface area contributed by atoms with Crippen LogP contribution >= 0.6 is 0 Å². The predicted octanol–water partition coefficient (Wildman–Crippen LogP) is 2.96. The average molecular weight is 226 g/mol. The standard InChI is InChI=1S/C13H26N2O/c1-5-12(6-2)14(4)13(16)15-9-7-11(3)8-10-15/h11-12H,5-10H2,1-4H3. The molecule has 0 aromatic rings. The van der Waals surface area contributed by atoms with E-state index in [2.05, 4.69) is 20.8 Å². The summed E-state index contributed by atoms with van der Waals surface area (Å²) in [5.74, 6) is 0.780. The second-order valence-corrected chi connectivity index (χ2v) is 5.03. The van der Waals surface area contributed by atoms with E-state index in [0.717, 1.165) is 44.7 Å². The summed E-state index contributed by atoms with van der Waals surface area (Å²) in [6, 6.07) is 0.618. The third-order valence-electron chi connectivity index (χ3n) is 3.85. The molecule has 0 atom stereocenters. The molecule has 16 heavy (non-hydrogen) atoms. The van der Waals surface area contributed by atoms with Gasteiger partial charge in [-0.05, 0) is 31.6 Å². The first-order valence-electron chi connectivity index (χ1n) is 6.61. The topological polar surface area (TPSA) is 23.6 Å². The Morgan fingerprint density at radius 1 is 1.31 bits per heavy atom. The Bertz CT molecular complexity index is 218. The van der Waals surface area contributed by atoms with Gasteiger partial charge in [0.1, 0.15) is 0 Å². The first-order valence-corrected chi connectivity index (χ1v) is 6.61. The van der Waals surface area contributed by atoms with Crippen LogP contribution in [0.3, 0.4) is 0 Å². The highest BCUT2D eigenvalue weighted by atomic mass is 16.2. The number of nitrogens with zero attached hydrogens (tertiary/aromatic N) is 2. The van der Waals surface area contributed by atoms with E-state index in [1.807, 2.05) is 16.8 Å². The number of rotatable bonds is 3. The van der Waals surface area contributed by atoms with E-state index in [1.54, 1.807) is 0 Å². The number of likely N-dealkylation sites (tertiary alicyclic amines) is 1. The molecule has 0 bridgehead atoms. The normalized spacial score (nSPS) is 17.9. The third-order valence-corrected chi connectivity index (χ3v) is 3.85. The molecule has 0 spiro atoms. The van der Waals surface area contributed by atoms with Gasteiger partial charge in [0.25, 0.3) is 0 Å². The highest BCUT2D eigenvalue weighted by Crippen LogP contribution is 2.18. The van der Waals surface area contributed by atoms with Crippen molar-refractivity contribution >= 4 is 6.03 Å². The number of amides is 2. The zero-order chi connectivity index (χ0) is 12.1. The van der Waals surface area contributed by atoms with Crippen LogP contribution in [0.5, 0.6) is 0 Å². The van der Waals surface area contributed by atoms with Crippen molar-refractivity contribution in [1.29, 1.82) is 0 Å². The van der Waals surface area contributed by atoms with Gasteiger partial charge in [-0.3, -0.25) is 0 Å². The van der Waals surface area contributed by atoms with Crippen molar-refractivity contribution in [1.82, 2.24) is 9.80 Å². The highest BCUT2D eigenvalue weighted by molar-refractivity contribution is 5.74. The zero-order valence-electron chi connectivity index (χ0n) is 11.2. The lowest BCUT2D eigenvalue weighted by molar-refractivity contribution is 0.127. The average Bonchev–Trinajstić information content (AvgIpc) is 2.30. The molecule has 1 heterocycles. The van der Waals surface area contributed by atoms with Gasteiger partial charge < -0.3 is 9.80 Å². The molecule has 2 amide bonds. The van der Waals surface area contributed by atoms with Crippen molar-refractivity contribution in [3.63, 3.8) is 0 Å². The van der Waals surface area contributed by atoms with Crippen molar-refractivity contribution in [3.05, 3.63) is 0 Å². The third kappa shape index (κ3) is 3.13. The Morgan fingerprint density at radius 3 is 2.25 bits per heavy atom. The molecule has 0 aliphatic carbocycles. The molecular formula is C13H26N2O. The number of hydrogen-bond acceptors (Lipinski definition) is 1. The molecule has 1 rings (SSSR count). The fourth-order valence-corrected chi connectivity index (χ4v) is 2.42. The van der Waals surface area contributed by atoms with Crippen molar-refractivity contribution in [2.45, 2.75) is 52.5 Å². The Balaban J connectivity index is 2.50. The lowest BCUT2D eigenvalue weighted by Gasteiger charge is -2.36. The molecule has 0 saturated carbocycles. The van der Waals surface area contributed by atoms with Gasteiger partial charge in [0, 0.05) is 26.2 Å². The second-order valence-electron chi connectivity index (χ2n) is 5.03. The Morgan fingerprint density at radius 2 is 1.81 bits per heavy atom. The van der Waals surface area contributed by atoms with E-state index in [9.17, 15) is 4.79 Å². The SMILES string of the molecule is CCC(CC)N(C)C(=O)N1CCC(C)CC1. The van der Waals surface area contributed by atoms with Crippen LogP contribution in [0.4, 0.5) is 4.79 Å². The molecule has 0 aromatic heterocycles. The Hall–Kier alpha value is -0.730. The molecule has 1 aliphatic rings. The molecule has 3 heteroatoms. The fourth-order valence-electron chi connectivity index (χ4n) is 2.42. The minimum atomic E-state index is 0.223. The number of hydrogen-bond donors (Lipinski definition) is 0. The van der Waals surface area contributed by atoms with Gasteiger partial charge in [0.05, 0.1) is 0 Å². The summed E-state index contributed by atoms with van der Waals surface area (Å²) in [5.41, 5.74) is 0. The smallest absolute Gasteiger partial charge is 0.319 e. The van der Waals surface area contributed by atoms with Gasteiger partial charge in [-0.2, -0.15) is 0 Å². The Kier molecular flexibility index (Phi) is 5.10. The molecular weight excluding hydrogens is 200 g/mol. The summed E-state index contributed by atoms with van der Waals surface area (Å²) in [6.45, 7) is 8.44. The number of carbonyl (C=O) groups is 1. The van der Waals surface area contributed by atoms with Gasteiger partial charge in [0.2, 0.25) is 0 Å². The minimum absolute atomic E-state index is 0.223. The van der Waals surface area contributed by atoms with Crippen LogP contribution in [-0.4, -0.2) is 42.0 Å². The summed E-state index contributed by atoms with van der Waals surface area (Å²) >= 11 is 0. The molecule has 0 aromatic carbocycles. The predicted molar refractivity (Wildman–Crippen MR) is 67.5 cm³/mol. The first-order chi connectivity index (χ1) is 7.60. The van der Waals surface area contributed by atoms with E-state index in [4.69, 9.17) is 0 Å². The van der Waals surface area contributed by atoms with E-state index >= 15 is 0 Å². The highest BCUT2D eigenvalue weighted by Gasteiger charge is 2.25. The maximum atomic E-state index is 12.2. The van der Waals surface area contributed by atoms with E-state index in [1.165, 1.54) is 0 Å². The Labute approximate surface area is 99.8 Å². The van der Waals surface area contributed by atoms with Crippen LogP contribution in [0.15, 0.2) is 0 Å². The molecule has 0 unspecified atom stereocenters. The fraction of sp³-hybridized carbons (Fsp3) is 0.923. The molecule has 0 N–H and O–H groups in total. The van der Waals surface area contributed by atoms with Crippen molar-refractivity contribution in [3.8, 4) is 0 Å². The van der Waals surface area contributed by atoms with Gasteiger partial charge >= 0.3 is 6.03 Å². The summed E-state index contributed by atoms with van der Waals surface area (Å²) in [5, 5.41) is 0. The summed E-state index contributed by atoms with van der Waals surface area (Å²) < 4.78 is 0. The molecule has 0 radical (unpaired) electrons. The van der Waals surface area contributed by atoms with Crippen LogP contribution in [0.2, 0.25) is 0 Å². The van der Waals surface area contributed by atoms with Gasteiger partial charge in [-0.25, -0.2) is 4.79 Å². The molecule has 94 valence electrons. The van der Waals surface area contributed by atoms with Gasteiger partial charge in [-0.15, -0.1) is 0 Å². The zero-order valence-corrected chi connectivity index (χ0v) is 11.2. The molecule has 1 fully saturated rings. The van der Waals surface area contributed by atoms with Crippen LogP contribution < -0.4 is 0 Å². The van der Waals surface area contributed by atoms with E-state index in [0.29, 0.717) is 6.04 Å². The number of carbonyl (C=O) groups excluding carboxylic acids is 1. The lowest BCUT2D eigenvalue weighted by Crippen LogP contribution is -2.48. The van der Waals surface area contributed by atoms with Crippen molar-refractivity contribution in [2.24, 2.45) is 5.92 Å². The minimum Gasteiger partial charge on any atom is -0.325 e. The second kappa shape index (κ2) is 6.12. The lowest BCUT2D eigenvalue weighted by atomic mass is 9.99. The van der Waals surface area contributed by atoms with Crippen LogP contribution in [-0.2, 0) is 0 Å². The van der Waals surface area contributed by atoms with Crippen LogP contribution in [0.25, 0.3) is 0 Å². The monoisotopic (exact) mass is 226 g/mol. The van der Waals surface area contributed by atoms with Crippen LogP contribution in [0.1, 0.15) is 46.5 Å². The molecule has 3 nitrogen and oxygen atoms in total. The van der Waals surface area contributed by atoms with Gasteiger partial charge in [-0.1, -0.05) is 20.8 Å². The van der Waals surface area contributed by atoms with Gasteiger partial charge in [0.15, 0.2) is 0 Å². The molecule has 1 aliphatic heterocycles. The largest absolute Gasteiger partial charge is 0.325 e. The number of urea groups is 1. The summed E-state index contributed by atoms with van der Waals surface area (Å²) in [4.78, 5) is 16.2. The van der Waals surface area contributed by atoms with Crippen molar-refractivity contribution < 1.29 is 4.79 Å². The maximum Gasteiger partial charge on any atom is 0.319 e. The van der Waals surface area contributed by atoms with Crippen LogP contribution in [0, 0.1) is 5.92 Å². The van der Waals surface area contributed by atoms with E-state index in [-0.39, 0.29) is 6.03 Å². The molecule has 1 saturated heterocycles. The first kappa shape index (κ1) is 13.3. The summed E-state index contributed by atoms with van der Waals surface area (Å²) in [7, 11) is 1.94. The van der Waals surface area contributed by atoms with Crippen molar-refractivity contribution in [2.75, 3.05) is 20.1 Å². The maximum absolute atomic E-state index is 12.2.